The molecule has 0 saturated carbocycles. The van der Waals surface area contributed by atoms with Gasteiger partial charge in [-0.1, -0.05) is 92.7 Å². The maximum Gasteiger partial charge on any atom is 0.0759 e. The zero-order chi connectivity index (χ0) is 31.5. The van der Waals surface area contributed by atoms with Crippen molar-refractivity contribution in [2.75, 3.05) is 0 Å². The molecule has 9 rings (SSSR count). The molecule has 0 unspecified atom stereocenters. The first-order valence-corrected chi connectivity index (χ1v) is 16.1. The van der Waals surface area contributed by atoms with E-state index in [1.54, 1.807) is 0 Å². The van der Waals surface area contributed by atoms with Crippen molar-refractivity contribution in [1.29, 1.82) is 0 Å². The van der Waals surface area contributed by atoms with Crippen molar-refractivity contribution in [2.45, 2.75) is 19.3 Å². The maximum absolute atomic E-state index is 5.36. The van der Waals surface area contributed by atoms with Gasteiger partial charge in [0.15, 0.2) is 0 Å². The third kappa shape index (κ3) is 4.39. The normalized spacial score (nSPS) is 13.1. The zero-order valence-electron chi connectivity index (χ0n) is 26.3. The van der Waals surface area contributed by atoms with E-state index in [-0.39, 0.29) is 5.41 Å². The molecule has 47 heavy (non-hydrogen) atoms. The topological polar surface area (TPSA) is 38.7 Å². The van der Waals surface area contributed by atoms with Crippen LogP contribution in [0.5, 0.6) is 0 Å². The van der Waals surface area contributed by atoms with Crippen LogP contribution in [0.25, 0.3) is 77.4 Å². The Morgan fingerprint density at radius 2 is 1.04 bits per heavy atom. The lowest BCUT2D eigenvalue weighted by molar-refractivity contribution is 0.662. The van der Waals surface area contributed by atoms with E-state index < -0.39 is 0 Å². The molecule has 0 fully saturated rings. The highest BCUT2D eigenvalue weighted by molar-refractivity contribution is 6.15. The lowest BCUT2D eigenvalue weighted by Crippen LogP contribution is -2.16. The van der Waals surface area contributed by atoms with E-state index in [9.17, 15) is 0 Å². The molecule has 0 atom stereocenters. The van der Waals surface area contributed by atoms with Crippen LogP contribution in [0.15, 0.2) is 152 Å². The van der Waals surface area contributed by atoms with Gasteiger partial charge in [-0.05, 0) is 115 Å². The number of nitrogens with zero attached hydrogens (tertiary/aromatic N) is 3. The summed E-state index contributed by atoms with van der Waals surface area (Å²) in [7, 11) is 0. The highest BCUT2D eigenvalue weighted by Gasteiger charge is 2.39. The van der Waals surface area contributed by atoms with Crippen LogP contribution >= 0.6 is 0 Å². The molecule has 3 heterocycles. The predicted molar refractivity (Wildman–Crippen MR) is 194 cm³/mol. The Labute approximate surface area is 274 Å². The molecule has 222 valence electrons. The first-order valence-electron chi connectivity index (χ1n) is 16.1. The first-order chi connectivity index (χ1) is 23.1. The molecule has 0 amide bonds. The van der Waals surface area contributed by atoms with E-state index in [4.69, 9.17) is 4.98 Å². The van der Waals surface area contributed by atoms with Crippen molar-refractivity contribution in [1.82, 2.24) is 15.0 Å². The summed E-state index contributed by atoms with van der Waals surface area (Å²) in [5.41, 5.74) is 15.2. The summed E-state index contributed by atoms with van der Waals surface area (Å²) in [5.74, 6) is 0. The lowest BCUT2D eigenvalue weighted by Gasteiger charge is -2.25. The van der Waals surface area contributed by atoms with Crippen LogP contribution in [0.4, 0.5) is 0 Å². The molecule has 0 N–H and O–H groups in total. The van der Waals surface area contributed by atoms with Crippen LogP contribution < -0.4 is 0 Å². The van der Waals surface area contributed by atoms with Crippen LogP contribution in [-0.4, -0.2) is 15.0 Å². The Kier molecular flexibility index (Phi) is 6.16. The van der Waals surface area contributed by atoms with E-state index in [2.05, 4.69) is 151 Å². The SMILES string of the molecule is CC1(C)c2ccccc2-c2nc3ccc4ccccc4c3c(-c3ccc(-c4cc(-c5ccncc5)cc(-c5ccncc5)c4)cc3)c21. The second-order valence-corrected chi connectivity index (χ2v) is 12.9. The summed E-state index contributed by atoms with van der Waals surface area (Å²) in [5, 5.41) is 3.68. The minimum absolute atomic E-state index is 0.198. The van der Waals surface area contributed by atoms with Crippen molar-refractivity contribution >= 4 is 21.7 Å². The van der Waals surface area contributed by atoms with Gasteiger partial charge in [-0.2, -0.15) is 0 Å². The van der Waals surface area contributed by atoms with Crippen molar-refractivity contribution < 1.29 is 0 Å². The third-order valence-electron chi connectivity index (χ3n) is 9.82. The smallest absolute Gasteiger partial charge is 0.0759 e. The van der Waals surface area contributed by atoms with Crippen LogP contribution in [0, 0.1) is 0 Å². The summed E-state index contributed by atoms with van der Waals surface area (Å²) in [4.78, 5) is 13.9. The Bertz CT molecular complexity index is 2410. The molecule has 3 aromatic heterocycles. The summed E-state index contributed by atoms with van der Waals surface area (Å²) in [6, 6.07) is 46.1. The molecular weight excluding hydrogens is 571 g/mol. The summed E-state index contributed by atoms with van der Waals surface area (Å²) < 4.78 is 0. The van der Waals surface area contributed by atoms with Gasteiger partial charge in [0.25, 0.3) is 0 Å². The molecule has 0 spiro atoms. The minimum atomic E-state index is -0.198. The first kappa shape index (κ1) is 27.4. The number of aromatic nitrogens is 3. The minimum Gasteiger partial charge on any atom is -0.265 e. The molecule has 3 nitrogen and oxygen atoms in total. The van der Waals surface area contributed by atoms with Gasteiger partial charge in [0.2, 0.25) is 0 Å². The molecule has 1 aliphatic rings. The summed E-state index contributed by atoms with van der Waals surface area (Å²) in [6.07, 6.45) is 7.40. The molecule has 3 heteroatoms. The maximum atomic E-state index is 5.36. The molecular formula is C44H31N3. The number of rotatable bonds is 4. The van der Waals surface area contributed by atoms with Crippen LogP contribution in [0.2, 0.25) is 0 Å². The summed E-state index contributed by atoms with van der Waals surface area (Å²) >= 11 is 0. The quantitative estimate of drug-likeness (QED) is 0.188. The van der Waals surface area contributed by atoms with Crippen LogP contribution in [0.1, 0.15) is 25.0 Å². The van der Waals surface area contributed by atoms with Crippen molar-refractivity contribution in [3.63, 3.8) is 0 Å². The number of benzene rings is 5. The molecule has 1 aliphatic carbocycles. The van der Waals surface area contributed by atoms with Crippen molar-refractivity contribution in [3.05, 3.63) is 163 Å². The monoisotopic (exact) mass is 601 g/mol. The van der Waals surface area contributed by atoms with E-state index >= 15 is 0 Å². The van der Waals surface area contributed by atoms with Crippen LogP contribution in [0.3, 0.4) is 0 Å². The average molecular weight is 602 g/mol. The lowest BCUT2D eigenvalue weighted by atomic mass is 9.78. The molecule has 0 bridgehead atoms. The second-order valence-electron chi connectivity index (χ2n) is 12.9. The Hall–Kier alpha value is -5.93. The average Bonchev–Trinajstić information content (AvgIpc) is 3.37. The van der Waals surface area contributed by atoms with E-state index in [0.717, 1.165) is 33.5 Å². The zero-order valence-corrected chi connectivity index (χ0v) is 26.3. The van der Waals surface area contributed by atoms with E-state index in [0.29, 0.717) is 0 Å². The van der Waals surface area contributed by atoms with Gasteiger partial charge in [-0.15, -0.1) is 0 Å². The van der Waals surface area contributed by atoms with Crippen molar-refractivity contribution in [3.8, 4) is 55.8 Å². The molecule has 8 aromatic rings. The number of pyridine rings is 3. The van der Waals surface area contributed by atoms with Gasteiger partial charge in [-0.25, -0.2) is 4.98 Å². The fraction of sp³-hybridized carbons (Fsp3) is 0.0682. The van der Waals surface area contributed by atoms with Gasteiger partial charge in [0, 0.05) is 41.2 Å². The van der Waals surface area contributed by atoms with Gasteiger partial charge in [0.1, 0.15) is 0 Å². The Morgan fingerprint density at radius 3 is 1.70 bits per heavy atom. The van der Waals surface area contributed by atoms with Gasteiger partial charge in [-0.3, -0.25) is 9.97 Å². The fourth-order valence-electron chi connectivity index (χ4n) is 7.54. The fourth-order valence-corrected chi connectivity index (χ4v) is 7.54. The van der Waals surface area contributed by atoms with Gasteiger partial charge in [0.05, 0.1) is 11.2 Å². The predicted octanol–water partition coefficient (Wildman–Crippen LogP) is 11.2. The number of hydrogen-bond acceptors (Lipinski definition) is 3. The second kappa shape index (κ2) is 10.6. The molecule has 0 radical (unpaired) electrons. The number of fused-ring (bicyclic) bond motifs is 6. The van der Waals surface area contributed by atoms with Crippen molar-refractivity contribution in [2.24, 2.45) is 0 Å². The van der Waals surface area contributed by atoms with Gasteiger partial charge >= 0.3 is 0 Å². The number of hydrogen-bond donors (Lipinski definition) is 0. The Morgan fingerprint density at radius 1 is 0.489 bits per heavy atom. The third-order valence-corrected chi connectivity index (χ3v) is 9.82. The molecule has 0 aliphatic heterocycles. The van der Waals surface area contributed by atoms with Crippen LogP contribution in [-0.2, 0) is 5.41 Å². The highest BCUT2D eigenvalue weighted by atomic mass is 14.7. The largest absolute Gasteiger partial charge is 0.265 e. The summed E-state index contributed by atoms with van der Waals surface area (Å²) in [6.45, 7) is 4.69. The standard InChI is InChI=1S/C44H31N3/c1-44(2)38-10-6-5-9-37(38)43-42(44)40(41-36-8-4-3-7-31(36)15-16-39(41)47-43)32-13-11-28(12-14-32)33-25-34(29-17-21-45-22-18-29)27-35(26-33)30-19-23-46-24-20-30/h3-27H,1-2H3. The van der Waals surface area contributed by atoms with E-state index in [1.165, 1.54) is 55.1 Å². The Balaban J connectivity index is 1.26. The molecule has 0 saturated heterocycles. The molecule has 5 aromatic carbocycles. The highest BCUT2D eigenvalue weighted by Crippen LogP contribution is 2.54. The van der Waals surface area contributed by atoms with E-state index in [1.807, 2.05) is 24.8 Å². The van der Waals surface area contributed by atoms with Gasteiger partial charge < -0.3 is 0 Å².